The quantitative estimate of drug-likeness (QED) is 0.686. The average molecular weight is 283 g/mol. The first-order valence-electron chi connectivity index (χ1n) is 7.12. The second-order valence-corrected chi connectivity index (χ2v) is 5.47. The van der Waals surface area contributed by atoms with Gasteiger partial charge in [0.25, 0.3) is 0 Å². The van der Waals surface area contributed by atoms with Gasteiger partial charge in [0.1, 0.15) is 0 Å². The smallest absolute Gasteiger partial charge is 0.376 e. The molecule has 0 N–H and O–H groups in total. The number of nitrogens with zero attached hydrogens (tertiary/aromatic N) is 1. The Morgan fingerprint density at radius 2 is 2.00 bits per heavy atom. The van der Waals surface area contributed by atoms with Gasteiger partial charge in [-0.25, -0.2) is 9.78 Å². The molecule has 0 amide bonds. The van der Waals surface area contributed by atoms with Gasteiger partial charge in [-0.3, -0.25) is 0 Å². The molecule has 0 fully saturated rings. The second-order valence-electron chi connectivity index (χ2n) is 5.47. The minimum Gasteiger partial charge on any atom is -0.460 e. The van der Waals surface area contributed by atoms with Crippen LogP contribution in [0.1, 0.15) is 49.8 Å². The van der Waals surface area contributed by atoms with E-state index in [-0.39, 0.29) is 5.76 Å². The molecular formula is C15H25NO4. The lowest BCUT2D eigenvalue weighted by atomic mass is 10.1. The van der Waals surface area contributed by atoms with Crippen LogP contribution < -0.4 is 0 Å². The van der Waals surface area contributed by atoms with E-state index in [9.17, 15) is 4.79 Å². The van der Waals surface area contributed by atoms with Gasteiger partial charge in [-0.1, -0.05) is 20.8 Å². The number of esters is 1. The van der Waals surface area contributed by atoms with Crippen LogP contribution in [-0.4, -0.2) is 31.3 Å². The Morgan fingerprint density at radius 3 is 2.55 bits per heavy atom. The summed E-state index contributed by atoms with van der Waals surface area (Å²) in [5.41, 5.74) is 0.693. The van der Waals surface area contributed by atoms with Gasteiger partial charge in [0.05, 0.1) is 12.3 Å². The Labute approximate surface area is 120 Å². The van der Waals surface area contributed by atoms with Crippen molar-refractivity contribution in [1.82, 2.24) is 4.98 Å². The second kappa shape index (κ2) is 8.04. The first kappa shape index (κ1) is 16.7. The molecule has 1 heterocycles. The third-order valence-corrected chi connectivity index (χ3v) is 2.78. The maximum absolute atomic E-state index is 11.9. The SMILES string of the molecule is CCOC(=O)c1oc(CC(C)COC)nc1CC(C)C. The van der Waals surface area contributed by atoms with Gasteiger partial charge < -0.3 is 13.9 Å². The van der Waals surface area contributed by atoms with Crippen molar-refractivity contribution in [3.63, 3.8) is 0 Å². The molecule has 0 aromatic carbocycles. The summed E-state index contributed by atoms with van der Waals surface area (Å²) in [5.74, 6) is 1.09. The van der Waals surface area contributed by atoms with Crippen LogP contribution in [-0.2, 0) is 22.3 Å². The highest BCUT2D eigenvalue weighted by molar-refractivity contribution is 5.87. The Morgan fingerprint density at radius 1 is 1.30 bits per heavy atom. The van der Waals surface area contributed by atoms with Crippen molar-refractivity contribution < 1.29 is 18.7 Å². The highest BCUT2D eigenvalue weighted by Crippen LogP contribution is 2.19. The molecule has 0 aliphatic rings. The topological polar surface area (TPSA) is 61.6 Å². The lowest BCUT2D eigenvalue weighted by Gasteiger charge is -2.06. The van der Waals surface area contributed by atoms with Crippen LogP contribution >= 0.6 is 0 Å². The van der Waals surface area contributed by atoms with Crippen LogP contribution in [0.2, 0.25) is 0 Å². The van der Waals surface area contributed by atoms with Crippen LogP contribution in [0.5, 0.6) is 0 Å². The van der Waals surface area contributed by atoms with Crippen LogP contribution in [0.3, 0.4) is 0 Å². The van der Waals surface area contributed by atoms with Gasteiger partial charge in [0.15, 0.2) is 5.89 Å². The fourth-order valence-electron chi connectivity index (χ4n) is 2.01. The Bertz CT molecular complexity index is 426. The van der Waals surface area contributed by atoms with Crippen molar-refractivity contribution in [3.8, 4) is 0 Å². The molecule has 0 aliphatic heterocycles. The molecular weight excluding hydrogens is 258 g/mol. The maximum Gasteiger partial charge on any atom is 0.376 e. The molecule has 20 heavy (non-hydrogen) atoms. The molecule has 0 saturated carbocycles. The van der Waals surface area contributed by atoms with E-state index in [1.807, 2.05) is 0 Å². The minimum absolute atomic E-state index is 0.250. The Kier molecular flexibility index (Phi) is 6.71. The summed E-state index contributed by atoms with van der Waals surface area (Å²) in [4.78, 5) is 16.3. The van der Waals surface area contributed by atoms with Crippen LogP contribution in [0.25, 0.3) is 0 Å². The van der Waals surface area contributed by atoms with Crippen molar-refractivity contribution in [1.29, 1.82) is 0 Å². The Hall–Kier alpha value is -1.36. The number of aromatic nitrogens is 1. The van der Waals surface area contributed by atoms with Gasteiger partial charge in [-0.2, -0.15) is 0 Å². The molecule has 1 aromatic rings. The van der Waals surface area contributed by atoms with Crippen LogP contribution in [0.4, 0.5) is 0 Å². The van der Waals surface area contributed by atoms with E-state index < -0.39 is 5.97 Å². The van der Waals surface area contributed by atoms with Gasteiger partial charge in [-0.15, -0.1) is 0 Å². The molecule has 0 radical (unpaired) electrons. The van der Waals surface area contributed by atoms with E-state index in [1.54, 1.807) is 14.0 Å². The van der Waals surface area contributed by atoms with Gasteiger partial charge >= 0.3 is 5.97 Å². The van der Waals surface area contributed by atoms with Gasteiger partial charge in [0, 0.05) is 20.1 Å². The molecule has 5 heteroatoms. The molecule has 114 valence electrons. The average Bonchev–Trinajstić information content (AvgIpc) is 2.71. The fraction of sp³-hybridized carbons (Fsp3) is 0.733. The summed E-state index contributed by atoms with van der Waals surface area (Å²) >= 11 is 0. The minimum atomic E-state index is -0.429. The normalized spacial score (nSPS) is 12.7. The molecule has 0 aliphatic carbocycles. The maximum atomic E-state index is 11.9. The highest BCUT2D eigenvalue weighted by atomic mass is 16.5. The molecule has 0 bridgehead atoms. The molecule has 0 saturated heterocycles. The van der Waals surface area contributed by atoms with Crippen molar-refractivity contribution >= 4 is 5.97 Å². The molecule has 1 unspecified atom stereocenters. The standard InChI is InChI=1S/C15H25NO4/c1-6-19-15(17)14-12(7-10(2)3)16-13(20-14)8-11(4)9-18-5/h10-11H,6-9H2,1-5H3. The summed E-state index contributed by atoms with van der Waals surface area (Å²) < 4.78 is 15.7. The Balaban J connectivity index is 2.90. The zero-order valence-electron chi connectivity index (χ0n) is 13.1. The molecule has 1 rings (SSSR count). The van der Waals surface area contributed by atoms with E-state index in [2.05, 4.69) is 25.8 Å². The largest absolute Gasteiger partial charge is 0.460 e. The van der Waals surface area contributed by atoms with Crippen molar-refractivity contribution in [2.45, 2.75) is 40.5 Å². The zero-order chi connectivity index (χ0) is 15.1. The summed E-state index contributed by atoms with van der Waals surface area (Å²) in [6.07, 6.45) is 1.36. The predicted octanol–water partition coefficient (Wildman–Crippen LogP) is 2.87. The number of ether oxygens (including phenoxy) is 2. The van der Waals surface area contributed by atoms with E-state index >= 15 is 0 Å². The third-order valence-electron chi connectivity index (χ3n) is 2.78. The summed E-state index contributed by atoms with van der Waals surface area (Å²) in [5, 5.41) is 0. The number of rotatable bonds is 8. The van der Waals surface area contributed by atoms with E-state index in [4.69, 9.17) is 13.9 Å². The van der Waals surface area contributed by atoms with Gasteiger partial charge in [0.2, 0.25) is 5.76 Å². The number of carbonyl (C=O) groups is 1. The van der Waals surface area contributed by atoms with E-state index in [0.717, 1.165) is 0 Å². The fourth-order valence-corrected chi connectivity index (χ4v) is 2.01. The monoisotopic (exact) mass is 283 g/mol. The number of oxazole rings is 1. The number of hydrogen-bond acceptors (Lipinski definition) is 5. The number of carbonyl (C=O) groups excluding carboxylic acids is 1. The molecule has 0 spiro atoms. The van der Waals surface area contributed by atoms with Crippen LogP contribution in [0, 0.1) is 11.8 Å². The molecule has 5 nitrogen and oxygen atoms in total. The summed E-state index contributed by atoms with van der Waals surface area (Å²) in [7, 11) is 1.67. The highest BCUT2D eigenvalue weighted by Gasteiger charge is 2.22. The number of methoxy groups -OCH3 is 1. The van der Waals surface area contributed by atoms with Crippen LogP contribution in [0.15, 0.2) is 4.42 Å². The zero-order valence-corrected chi connectivity index (χ0v) is 13.1. The first-order valence-corrected chi connectivity index (χ1v) is 7.12. The predicted molar refractivity (Wildman–Crippen MR) is 75.7 cm³/mol. The first-order chi connectivity index (χ1) is 9.47. The lowest BCUT2D eigenvalue weighted by molar-refractivity contribution is 0.0485. The third kappa shape index (κ3) is 4.96. The summed E-state index contributed by atoms with van der Waals surface area (Å²) in [6.45, 7) is 8.96. The van der Waals surface area contributed by atoms with Crippen molar-refractivity contribution in [2.24, 2.45) is 11.8 Å². The van der Waals surface area contributed by atoms with Crippen molar-refractivity contribution in [3.05, 3.63) is 17.3 Å². The van der Waals surface area contributed by atoms with Crippen molar-refractivity contribution in [2.75, 3.05) is 20.3 Å². The van der Waals surface area contributed by atoms with E-state index in [0.29, 0.717) is 49.5 Å². The van der Waals surface area contributed by atoms with E-state index in [1.165, 1.54) is 0 Å². The number of hydrogen-bond donors (Lipinski definition) is 0. The molecule has 1 atom stereocenters. The molecule has 1 aromatic heterocycles. The lowest BCUT2D eigenvalue weighted by Crippen LogP contribution is -2.08. The summed E-state index contributed by atoms with van der Waals surface area (Å²) in [6, 6.07) is 0. The van der Waals surface area contributed by atoms with Gasteiger partial charge in [-0.05, 0) is 25.2 Å².